The van der Waals surface area contributed by atoms with Gasteiger partial charge in [0.2, 0.25) is 10.0 Å². The van der Waals surface area contributed by atoms with E-state index in [0.29, 0.717) is 12.3 Å². The van der Waals surface area contributed by atoms with Crippen LogP contribution in [0.1, 0.15) is 18.4 Å². The van der Waals surface area contributed by atoms with Crippen LogP contribution in [-0.4, -0.2) is 40.1 Å². The Bertz CT molecular complexity index is 570. The first-order chi connectivity index (χ1) is 10.1. The third-order valence-electron chi connectivity index (χ3n) is 3.38. The summed E-state index contributed by atoms with van der Waals surface area (Å²) in [4.78, 5) is 0.209. The van der Waals surface area contributed by atoms with E-state index < -0.39 is 10.0 Å². The standard InChI is InChI=1S/C14H22N2O3S2/c1-15-9-11-5-6-14(13(8-11)19-2)21(17,18)16-12-4-3-7-20-10-12/h5-6,8,12,15-16H,3-4,7,9-10H2,1-2H3. The third-order valence-corrected chi connectivity index (χ3v) is 6.16. The van der Waals surface area contributed by atoms with Crippen LogP contribution in [0.5, 0.6) is 5.75 Å². The molecule has 1 aliphatic rings. The fourth-order valence-corrected chi connectivity index (χ4v) is 4.96. The highest BCUT2D eigenvalue weighted by molar-refractivity contribution is 7.99. The Morgan fingerprint density at radius 2 is 2.24 bits per heavy atom. The van der Waals surface area contributed by atoms with Crippen molar-refractivity contribution < 1.29 is 13.2 Å². The molecule has 1 fully saturated rings. The largest absolute Gasteiger partial charge is 0.495 e. The molecule has 5 nitrogen and oxygen atoms in total. The number of rotatable bonds is 6. The maximum atomic E-state index is 12.5. The molecule has 118 valence electrons. The van der Waals surface area contributed by atoms with Gasteiger partial charge in [0, 0.05) is 18.3 Å². The number of ether oxygens (including phenoxy) is 1. The molecular formula is C14H22N2O3S2. The summed E-state index contributed by atoms with van der Waals surface area (Å²) < 4.78 is 33.1. The smallest absolute Gasteiger partial charge is 0.244 e. The zero-order valence-electron chi connectivity index (χ0n) is 12.4. The van der Waals surface area contributed by atoms with E-state index in [9.17, 15) is 8.42 Å². The first kappa shape index (κ1) is 16.6. The average Bonchev–Trinajstić information content (AvgIpc) is 2.48. The average molecular weight is 330 g/mol. The molecular weight excluding hydrogens is 308 g/mol. The minimum Gasteiger partial charge on any atom is -0.495 e. The Labute approximate surface area is 130 Å². The molecule has 1 unspecified atom stereocenters. The molecule has 1 aromatic rings. The molecule has 0 saturated carbocycles. The van der Waals surface area contributed by atoms with Crippen molar-refractivity contribution in [2.75, 3.05) is 25.7 Å². The van der Waals surface area contributed by atoms with Crippen molar-refractivity contribution in [3.05, 3.63) is 23.8 Å². The molecule has 7 heteroatoms. The van der Waals surface area contributed by atoms with Crippen LogP contribution in [0.15, 0.2) is 23.1 Å². The van der Waals surface area contributed by atoms with E-state index in [1.54, 1.807) is 23.9 Å². The third kappa shape index (κ3) is 4.35. The van der Waals surface area contributed by atoms with Gasteiger partial charge in [0.25, 0.3) is 0 Å². The molecule has 21 heavy (non-hydrogen) atoms. The van der Waals surface area contributed by atoms with Crippen molar-refractivity contribution in [2.24, 2.45) is 0 Å². The Morgan fingerprint density at radius 1 is 1.43 bits per heavy atom. The van der Waals surface area contributed by atoms with Gasteiger partial charge in [-0.25, -0.2) is 13.1 Å². The Morgan fingerprint density at radius 3 is 2.86 bits per heavy atom. The molecule has 1 aromatic carbocycles. The molecule has 0 aliphatic carbocycles. The first-order valence-electron chi connectivity index (χ1n) is 6.98. The van der Waals surface area contributed by atoms with Crippen molar-refractivity contribution in [1.29, 1.82) is 0 Å². The molecule has 1 heterocycles. The number of hydrogen-bond donors (Lipinski definition) is 2. The first-order valence-corrected chi connectivity index (χ1v) is 9.62. The van der Waals surface area contributed by atoms with Crippen LogP contribution in [-0.2, 0) is 16.6 Å². The van der Waals surface area contributed by atoms with Crippen molar-refractivity contribution in [3.8, 4) is 5.75 Å². The molecule has 0 radical (unpaired) electrons. The zero-order valence-corrected chi connectivity index (χ0v) is 14.0. The summed E-state index contributed by atoms with van der Waals surface area (Å²) in [5.41, 5.74) is 0.988. The lowest BCUT2D eigenvalue weighted by Gasteiger charge is -2.23. The monoisotopic (exact) mass is 330 g/mol. The van der Waals surface area contributed by atoms with E-state index in [0.717, 1.165) is 29.9 Å². The molecule has 0 aromatic heterocycles. The quantitative estimate of drug-likeness (QED) is 0.829. The SMILES string of the molecule is CNCc1ccc(S(=O)(=O)NC2CCCSC2)c(OC)c1. The molecule has 0 bridgehead atoms. The van der Waals surface area contributed by atoms with E-state index in [1.807, 2.05) is 13.1 Å². The van der Waals surface area contributed by atoms with E-state index in [2.05, 4.69) is 10.0 Å². The predicted molar refractivity (Wildman–Crippen MR) is 86.4 cm³/mol. The summed E-state index contributed by atoms with van der Waals surface area (Å²) in [5.74, 6) is 2.33. The molecule has 1 saturated heterocycles. The summed E-state index contributed by atoms with van der Waals surface area (Å²) in [6.45, 7) is 0.670. The summed E-state index contributed by atoms with van der Waals surface area (Å²) in [7, 11) is -0.202. The highest BCUT2D eigenvalue weighted by atomic mass is 32.2. The van der Waals surface area contributed by atoms with Gasteiger partial charge in [0.1, 0.15) is 10.6 Å². The fourth-order valence-electron chi connectivity index (χ4n) is 2.36. The second-order valence-corrected chi connectivity index (χ2v) is 7.88. The number of hydrogen-bond acceptors (Lipinski definition) is 5. The summed E-state index contributed by atoms with van der Waals surface area (Å²) in [5, 5.41) is 3.04. The number of thioether (sulfide) groups is 1. The van der Waals surface area contributed by atoms with Gasteiger partial charge in [-0.2, -0.15) is 11.8 Å². The van der Waals surface area contributed by atoms with Crippen molar-refractivity contribution in [1.82, 2.24) is 10.0 Å². The normalized spacial score (nSPS) is 19.4. The molecule has 0 amide bonds. The van der Waals surface area contributed by atoms with Gasteiger partial charge in [-0.3, -0.25) is 0 Å². The topological polar surface area (TPSA) is 67.4 Å². The van der Waals surface area contributed by atoms with Gasteiger partial charge in [0.15, 0.2) is 0 Å². The maximum Gasteiger partial charge on any atom is 0.244 e. The van der Waals surface area contributed by atoms with Crippen LogP contribution in [0, 0.1) is 0 Å². The fraction of sp³-hybridized carbons (Fsp3) is 0.571. The summed E-state index contributed by atoms with van der Waals surface area (Å²) in [6.07, 6.45) is 1.95. The van der Waals surface area contributed by atoms with Crippen LogP contribution in [0.4, 0.5) is 0 Å². The molecule has 1 atom stereocenters. The lowest BCUT2D eigenvalue weighted by atomic mass is 10.2. The van der Waals surface area contributed by atoms with Crippen LogP contribution in [0.3, 0.4) is 0 Å². The van der Waals surface area contributed by atoms with Gasteiger partial charge in [-0.15, -0.1) is 0 Å². The van der Waals surface area contributed by atoms with Crippen molar-refractivity contribution in [2.45, 2.75) is 30.3 Å². The second-order valence-electron chi connectivity index (χ2n) is 5.05. The van der Waals surface area contributed by atoms with Crippen molar-refractivity contribution >= 4 is 21.8 Å². The molecule has 0 spiro atoms. The van der Waals surface area contributed by atoms with Crippen molar-refractivity contribution in [3.63, 3.8) is 0 Å². The Hall–Kier alpha value is -0.760. The molecule has 2 N–H and O–H groups in total. The number of sulfonamides is 1. The van der Waals surface area contributed by atoms with E-state index in [4.69, 9.17) is 4.74 Å². The van der Waals surface area contributed by atoms with Gasteiger partial charge in [-0.05, 0) is 43.3 Å². The van der Waals surface area contributed by atoms with Gasteiger partial charge in [-0.1, -0.05) is 6.07 Å². The number of nitrogens with one attached hydrogen (secondary N) is 2. The lowest BCUT2D eigenvalue weighted by molar-refractivity contribution is 0.401. The summed E-state index contributed by atoms with van der Waals surface area (Å²) >= 11 is 1.79. The molecule has 1 aliphatic heterocycles. The van der Waals surface area contributed by atoms with Gasteiger partial charge in [0.05, 0.1) is 7.11 Å². The number of benzene rings is 1. The highest BCUT2D eigenvalue weighted by Gasteiger charge is 2.25. The predicted octanol–water partition coefficient (Wildman–Crippen LogP) is 1.59. The summed E-state index contributed by atoms with van der Waals surface area (Å²) in [6, 6.07) is 5.20. The lowest BCUT2D eigenvalue weighted by Crippen LogP contribution is -2.38. The van der Waals surface area contributed by atoms with Crippen LogP contribution < -0.4 is 14.8 Å². The van der Waals surface area contributed by atoms with E-state index >= 15 is 0 Å². The van der Waals surface area contributed by atoms with Crippen LogP contribution in [0.2, 0.25) is 0 Å². The van der Waals surface area contributed by atoms with Crippen LogP contribution in [0.25, 0.3) is 0 Å². The van der Waals surface area contributed by atoms with Gasteiger partial charge < -0.3 is 10.1 Å². The minimum absolute atomic E-state index is 0.00967. The minimum atomic E-state index is -3.54. The molecule has 2 rings (SSSR count). The van der Waals surface area contributed by atoms with Crippen LogP contribution >= 0.6 is 11.8 Å². The van der Waals surface area contributed by atoms with E-state index in [-0.39, 0.29) is 10.9 Å². The second kappa shape index (κ2) is 7.49. The van der Waals surface area contributed by atoms with E-state index in [1.165, 1.54) is 7.11 Å². The number of methoxy groups -OCH3 is 1. The maximum absolute atomic E-state index is 12.5. The van der Waals surface area contributed by atoms with Gasteiger partial charge >= 0.3 is 0 Å². The zero-order chi connectivity index (χ0) is 15.3. The Balaban J connectivity index is 2.21. The highest BCUT2D eigenvalue weighted by Crippen LogP contribution is 2.26. The Kier molecular flexibility index (Phi) is 5.92.